The highest BCUT2D eigenvalue weighted by molar-refractivity contribution is 5.82. The van der Waals surface area contributed by atoms with Gasteiger partial charge in [0.1, 0.15) is 12.1 Å². The number of nitrogens with one attached hydrogen (secondary N) is 1. The quantitative estimate of drug-likeness (QED) is 0.484. The van der Waals surface area contributed by atoms with Crippen molar-refractivity contribution in [2.45, 2.75) is 25.8 Å². The molecular formula is C27H27N5O2. The van der Waals surface area contributed by atoms with E-state index in [2.05, 4.69) is 15.3 Å². The van der Waals surface area contributed by atoms with Crippen LogP contribution in [0.15, 0.2) is 79.3 Å². The van der Waals surface area contributed by atoms with E-state index in [0.717, 1.165) is 40.8 Å². The molecule has 0 aliphatic carbocycles. The van der Waals surface area contributed by atoms with E-state index in [9.17, 15) is 9.59 Å². The van der Waals surface area contributed by atoms with E-state index in [1.807, 2.05) is 76.2 Å². The molecule has 172 valence electrons. The highest BCUT2D eigenvalue weighted by Crippen LogP contribution is 2.19. The number of benzene rings is 2. The zero-order valence-corrected chi connectivity index (χ0v) is 18.9. The second kappa shape index (κ2) is 9.87. The topological polar surface area (TPSA) is 80.1 Å². The molecule has 1 N–H and O–H groups in total. The smallest absolute Gasteiger partial charge is 0.227 e. The molecule has 1 aliphatic rings. The van der Waals surface area contributed by atoms with Crippen LogP contribution < -0.4 is 5.32 Å². The van der Waals surface area contributed by atoms with Crippen molar-refractivity contribution >= 4 is 22.8 Å². The van der Waals surface area contributed by atoms with E-state index < -0.39 is 0 Å². The predicted molar refractivity (Wildman–Crippen MR) is 130 cm³/mol. The second-order valence-electron chi connectivity index (χ2n) is 8.69. The Labute approximate surface area is 198 Å². The van der Waals surface area contributed by atoms with Crippen molar-refractivity contribution in [2.24, 2.45) is 5.92 Å². The first-order valence-electron chi connectivity index (χ1n) is 11.6. The minimum atomic E-state index is -0.182. The van der Waals surface area contributed by atoms with Gasteiger partial charge in [-0.05, 0) is 42.2 Å². The third-order valence-corrected chi connectivity index (χ3v) is 6.32. The molecule has 7 nitrogen and oxygen atoms in total. The van der Waals surface area contributed by atoms with Gasteiger partial charge in [-0.1, -0.05) is 48.5 Å². The van der Waals surface area contributed by atoms with E-state index in [0.29, 0.717) is 26.1 Å². The molecule has 0 spiro atoms. The van der Waals surface area contributed by atoms with Crippen LogP contribution in [0, 0.1) is 5.92 Å². The monoisotopic (exact) mass is 453 g/mol. The maximum atomic E-state index is 12.8. The number of amides is 2. The van der Waals surface area contributed by atoms with Gasteiger partial charge in [-0.25, -0.2) is 9.97 Å². The van der Waals surface area contributed by atoms with Gasteiger partial charge < -0.3 is 10.2 Å². The van der Waals surface area contributed by atoms with Gasteiger partial charge in [-0.15, -0.1) is 0 Å². The molecule has 1 fully saturated rings. The molecular weight excluding hydrogens is 426 g/mol. The minimum Gasteiger partial charge on any atom is -0.352 e. The summed E-state index contributed by atoms with van der Waals surface area (Å²) >= 11 is 0. The molecule has 1 aliphatic heterocycles. The zero-order chi connectivity index (χ0) is 23.3. The molecule has 3 heterocycles. The maximum absolute atomic E-state index is 12.8. The van der Waals surface area contributed by atoms with Gasteiger partial charge >= 0.3 is 0 Å². The fourth-order valence-electron chi connectivity index (χ4n) is 4.44. The Morgan fingerprint density at radius 1 is 0.941 bits per heavy atom. The fraction of sp³-hybridized carbons (Fsp3) is 0.259. The van der Waals surface area contributed by atoms with Crippen molar-refractivity contribution in [1.29, 1.82) is 0 Å². The summed E-state index contributed by atoms with van der Waals surface area (Å²) in [6, 6.07) is 21.6. The lowest BCUT2D eigenvalue weighted by Crippen LogP contribution is -2.45. The average molecular weight is 454 g/mol. The van der Waals surface area contributed by atoms with Crippen LogP contribution in [0.4, 0.5) is 0 Å². The van der Waals surface area contributed by atoms with Gasteiger partial charge in [0, 0.05) is 25.8 Å². The summed E-state index contributed by atoms with van der Waals surface area (Å²) in [7, 11) is 0. The van der Waals surface area contributed by atoms with Gasteiger partial charge in [-0.3, -0.25) is 14.2 Å². The molecule has 34 heavy (non-hydrogen) atoms. The molecule has 0 bridgehead atoms. The zero-order valence-electron chi connectivity index (χ0n) is 18.9. The number of carbonyl (C=O) groups is 2. The number of piperidine rings is 1. The standard InChI is InChI=1S/C27H27N5O2/c33-26(15-20-7-2-1-3-8-20)31-14-6-9-22(18-31)27(34)29-17-21-12-13-25(28-16-21)32-19-30-23-10-4-5-11-24(23)32/h1-5,7-8,10-13,16,19,22H,6,9,14-15,17-18H2,(H,29,34). The SMILES string of the molecule is O=C(NCc1ccc(-n2cnc3ccccc32)nc1)C1CCCN(C(=O)Cc2ccccc2)C1. The van der Waals surface area contributed by atoms with Gasteiger partial charge in [0.2, 0.25) is 11.8 Å². The number of aromatic nitrogens is 3. The Morgan fingerprint density at radius 2 is 1.76 bits per heavy atom. The van der Waals surface area contributed by atoms with Crippen LogP contribution in [0.1, 0.15) is 24.0 Å². The highest BCUT2D eigenvalue weighted by Gasteiger charge is 2.28. The first kappa shape index (κ1) is 21.8. The molecule has 2 aromatic carbocycles. The summed E-state index contributed by atoms with van der Waals surface area (Å²) in [5.74, 6) is 0.666. The van der Waals surface area contributed by atoms with Crippen LogP contribution >= 0.6 is 0 Å². The number of rotatable bonds is 6. The van der Waals surface area contributed by atoms with Gasteiger partial charge in [0.15, 0.2) is 0 Å². The normalized spacial score (nSPS) is 15.9. The summed E-state index contributed by atoms with van der Waals surface area (Å²) in [6.07, 6.45) is 5.56. The molecule has 2 amide bonds. The number of hydrogen-bond acceptors (Lipinski definition) is 4. The summed E-state index contributed by atoms with van der Waals surface area (Å²) < 4.78 is 1.95. The van der Waals surface area contributed by atoms with Crippen LogP contribution in [0.3, 0.4) is 0 Å². The molecule has 5 rings (SSSR count). The van der Waals surface area contributed by atoms with Crippen LogP contribution in [0.25, 0.3) is 16.9 Å². The van der Waals surface area contributed by atoms with Gasteiger partial charge in [0.05, 0.1) is 23.4 Å². The van der Waals surface area contributed by atoms with Crippen LogP contribution in [0.5, 0.6) is 0 Å². The number of carbonyl (C=O) groups excluding carboxylic acids is 2. The molecule has 7 heteroatoms. The highest BCUT2D eigenvalue weighted by atomic mass is 16.2. The Kier molecular flexibility index (Phi) is 6.33. The number of pyridine rings is 1. The van der Waals surface area contributed by atoms with E-state index in [1.54, 1.807) is 12.5 Å². The molecule has 1 saturated heterocycles. The Hall–Kier alpha value is -4.00. The van der Waals surface area contributed by atoms with E-state index in [-0.39, 0.29) is 17.7 Å². The number of likely N-dealkylation sites (tertiary alicyclic amines) is 1. The number of nitrogens with zero attached hydrogens (tertiary/aromatic N) is 4. The van der Waals surface area contributed by atoms with Crippen molar-refractivity contribution < 1.29 is 9.59 Å². The number of fused-ring (bicyclic) bond motifs is 1. The second-order valence-corrected chi connectivity index (χ2v) is 8.69. The number of para-hydroxylation sites is 2. The van der Waals surface area contributed by atoms with E-state index in [4.69, 9.17) is 0 Å². The van der Waals surface area contributed by atoms with Crippen molar-refractivity contribution in [3.63, 3.8) is 0 Å². The average Bonchev–Trinajstić information content (AvgIpc) is 3.32. The van der Waals surface area contributed by atoms with Crippen LogP contribution in [-0.2, 0) is 22.6 Å². The lowest BCUT2D eigenvalue weighted by molar-refractivity contribution is -0.135. The maximum Gasteiger partial charge on any atom is 0.227 e. The molecule has 4 aromatic rings. The van der Waals surface area contributed by atoms with Crippen molar-refractivity contribution in [2.75, 3.05) is 13.1 Å². The molecule has 1 atom stereocenters. The summed E-state index contributed by atoms with van der Waals surface area (Å²) in [6.45, 7) is 1.59. The Balaban J connectivity index is 1.16. The Morgan fingerprint density at radius 3 is 2.59 bits per heavy atom. The fourth-order valence-corrected chi connectivity index (χ4v) is 4.44. The minimum absolute atomic E-state index is 0.0121. The number of imidazole rings is 1. The van der Waals surface area contributed by atoms with E-state index in [1.165, 1.54) is 0 Å². The largest absolute Gasteiger partial charge is 0.352 e. The first-order valence-corrected chi connectivity index (χ1v) is 11.6. The van der Waals surface area contributed by atoms with Gasteiger partial charge in [-0.2, -0.15) is 0 Å². The lowest BCUT2D eigenvalue weighted by atomic mass is 9.96. The number of hydrogen-bond donors (Lipinski definition) is 1. The molecule has 0 radical (unpaired) electrons. The van der Waals surface area contributed by atoms with Crippen molar-refractivity contribution in [1.82, 2.24) is 24.8 Å². The molecule has 1 unspecified atom stereocenters. The van der Waals surface area contributed by atoms with E-state index >= 15 is 0 Å². The Bertz CT molecular complexity index is 1280. The van der Waals surface area contributed by atoms with Crippen molar-refractivity contribution in [3.05, 3.63) is 90.4 Å². The lowest BCUT2D eigenvalue weighted by Gasteiger charge is -2.32. The third-order valence-electron chi connectivity index (χ3n) is 6.32. The summed E-state index contributed by atoms with van der Waals surface area (Å²) in [5, 5.41) is 3.03. The molecule has 2 aromatic heterocycles. The summed E-state index contributed by atoms with van der Waals surface area (Å²) in [5.41, 5.74) is 3.84. The first-order chi connectivity index (χ1) is 16.7. The molecule has 0 saturated carbocycles. The van der Waals surface area contributed by atoms with Crippen LogP contribution in [-0.4, -0.2) is 44.3 Å². The van der Waals surface area contributed by atoms with Gasteiger partial charge in [0.25, 0.3) is 0 Å². The third kappa shape index (κ3) is 4.83. The summed E-state index contributed by atoms with van der Waals surface area (Å²) in [4.78, 5) is 36.3. The predicted octanol–water partition coefficient (Wildman–Crippen LogP) is 3.52. The van der Waals surface area contributed by atoms with Crippen LogP contribution in [0.2, 0.25) is 0 Å². The van der Waals surface area contributed by atoms with Crippen molar-refractivity contribution in [3.8, 4) is 5.82 Å².